The van der Waals surface area contributed by atoms with Crippen LogP contribution in [0.2, 0.25) is 0 Å². The van der Waals surface area contributed by atoms with Gasteiger partial charge in [-0.2, -0.15) is 4.98 Å². The SMILES string of the molecule is C=CC=C1/C(=C\C)C(C)(C)c2c1cccc2-c1ccc2oc3c(-n4c5ccccc5c5ccccc54)nc(-n4c5ccccc5c5ccccc54)nc3c2c1. The molecule has 10 aromatic rings. The summed E-state index contributed by atoms with van der Waals surface area (Å²) in [5.74, 6) is 1.30. The van der Waals surface area contributed by atoms with E-state index in [1.54, 1.807) is 0 Å². The number of furan rings is 1. The molecule has 0 radical (unpaired) electrons. The average Bonchev–Trinajstić information content (AvgIpc) is 3.92. The Balaban J connectivity index is 1.25. The van der Waals surface area contributed by atoms with Crippen LogP contribution >= 0.6 is 0 Å². The first-order chi connectivity index (χ1) is 27.0. The summed E-state index contributed by atoms with van der Waals surface area (Å²) in [6.07, 6.45) is 6.28. The number of aromatic nitrogens is 4. The maximum Gasteiger partial charge on any atom is 0.237 e. The Morgan fingerprint density at radius 3 is 1.76 bits per heavy atom. The minimum atomic E-state index is -0.196. The molecule has 5 heteroatoms. The van der Waals surface area contributed by atoms with Gasteiger partial charge in [0.25, 0.3) is 0 Å². The van der Waals surface area contributed by atoms with Gasteiger partial charge in [-0.05, 0) is 76.7 Å². The summed E-state index contributed by atoms with van der Waals surface area (Å²) in [5.41, 5.74) is 13.6. The third kappa shape index (κ3) is 4.29. The van der Waals surface area contributed by atoms with E-state index in [0.717, 1.165) is 65.7 Å². The van der Waals surface area contributed by atoms with E-state index in [2.05, 4.69) is 182 Å². The smallest absolute Gasteiger partial charge is 0.237 e. The summed E-state index contributed by atoms with van der Waals surface area (Å²) >= 11 is 0. The molecule has 4 aromatic heterocycles. The largest absolute Gasteiger partial charge is 0.450 e. The lowest BCUT2D eigenvalue weighted by molar-refractivity contribution is 0.660. The van der Waals surface area contributed by atoms with Gasteiger partial charge >= 0.3 is 0 Å². The molecule has 6 aromatic carbocycles. The van der Waals surface area contributed by atoms with Crippen LogP contribution in [0.5, 0.6) is 0 Å². The van der Waals surface area contributed by atoms with Gasteiger partial charge in [-0.25, -0.2) is 4.98 Å². The number of hydrogen-bond donors (Lipinski definition) is 0. The molecular formula is C50H36N4O. The maximum absolute atomic E-state index is 6.88. The van der Waals surface area contributed by atoms with Crippen molar-refractivity contribution in [3.63, 3.8) is 0 Å². The Labute approximate surface area is 317 Å². The lowest BCUT2D eigenvalue weighted by Gasteiger charge is -2.24. The Bertz CT molecular complexity index is 3220. The van der Waals surface area contributed by atoms with E-state index in [9.17, 15) is 0 Å². The second-order valence-corrected chi connectivity index (χ2v) is 14.9. The third-order valence-corrected chi connectivity index (χ3v) is 11.7. The van der Waals surface area contributed by atoms with Crippen molar-refractivity contribution >= 4 is 71.3 Å². The van der Waals surface area contributed by atoms with E-state index in [1.807, 2.05) is 6.08 Å². The van der Waals surface area contributed by atoms with Crippen LogP contribution < -0.4 is 0 Å². The van der Waals surface area contributed by atoms with Gasteiger partial charge in [0.05, 0.1) is 22.1 Å². The summed E-state index contributed by atoms with van der Waals surface area (Å²) in [6, 6.07) is 47.2. The number of nitrogens with zero attached hydrogens (tertiary/aromatic N) is 4. The average molecular weight is 709 g/mol. The Hall–Kier alpha value is -6.98. The Morgan fingerprint density at radius 2 is 1.18 bits per heavy atom. The molecular weight excluding hydrogens is 673 g/mol. The fraction of sp³-hybridized carbons (Fsp3) is 0.0800. The van der Waals surface area contributed by atoms with Gasteiger partial charge in [-0.1, -0.05) is 136 Å². The zero-order valence-corrected chi connectivity index (χ0v) is 30.8. The van der Waals surface area contributed by atoms with Gasteiger partial charge in [0.1, 0.15) is 11.1 Å². The summed E-state index contributed by atoms with van der Waals surface area (Å²) in [6.45, 7) is 10.8. The standard InChI is InChI=1S/C50H36N4O/c1-5-16-32-37-22-15-21-31(45(37)50(3,4)39(32)6-2)30-27-28-44-38(29-30)46-47(55-44)48(53-40-23-11-7-17-33(40)34-18-8-12-24-41(34)53)52-49(51-46)54-42-25-13-9-19-35(42)36-20-10-14-26-43(36)54/h5-29H,1H2,2-4H3/b32-16?,39-6+. The highest BCUT2D eigenvalue weighted by molar-refractivity contribution is 6.13. The van der Waals surface area contributed by atoms with Gasteiger partial charge in [0.15, 0.2) is 11.4 Å². The molecule has 0 atom stereocenters. The number of hydrogen-bond acceptors (Lipinski definition) is 3. The normalized spacial score (nSPS) is 15.5. The minimum absolute atomic E-state index is 0.196. The highest BCUT2D eigenvalue weighted by Crippen LogP contribution is 2.53. The molecule has 11 rings (SSSR count). The summed E-state index contributed by atoms with van der Waals surface area (Å²) in [4.78, 5) is 10.9. The second-order valence-electron chi connectivity index (χ2n) is 14.9. The molecule has 0 bridgehead atoms. The van der Waals surface area contributed by atoms with Crippen LogP contribution in [-0.4, -0.2) is 19.1 Å². The van der Waals surface area contributed by atoms with Gasteiger partial charge in [0, 0.05) is 32.3 Å². The van der Waals surface area contributed by atoms with Crippen LogP contribution in [0.25, 0.3) is 94.1 Å². The van der Waals surface area contributed by atoms with Gasteiger partial charge in [-0.15, -0.1) is 0 Å². The molecule has 55 heavy (non-hydrogen) atoms. The number of fused-ring (bicyclic) bond motifs is 10. The van der Waals surface area contributed by atoms with E-state index < -0.39 is 0 Å². The van der Waals surface area contributed by atoms with Gasteiger partial charge < -0.3 is 4.42 Å². The fourth-order valence-corrected chi connectivity index (χ4v) is 9.45. The molecule has 0 N–H and O–H groups in total. The van der Waals surface area contributed by atoms with Crippen molar-refractivity contribution in [2.75, 3.05) is 0 Å². The second kappa shape index (κ2) is 11.5. The zero-order chi connectivity index (χ0) is 37.0. The predicted octanol–water partition coefficient (Wildman–Crippen LogP) is 13.0. The van der Waals surface area contributed by atoms with E-state index >= 15 is 0 Å². The molecule has 1 aliphatic rings. The summed E-state index contributed by atoms with van der Waals surface area (Å²) < 4.78 is 11.3. The molecule has 4 heterocycles. The molecule has 1 aliphatic carbocycles. The summed E-state index contributed by atoms with van der Waals surface area (Å²) in [5, 5.41) is 5.58. The number of rotatable bonds is 4. The summed E-state index contributed by atoms with van der Waals surface area (Å²) in [7, 11) is 0. The minimum Gasteiger partial charge on any atom is -0.450 e. The maximum atomic E-state index is 6.88. The first kappa shape index (κ1) is 31.5. The van der Waals surface area contributed by atoms with Crippen molar-refractivity contribution in [2.45, 2.75) is 26.2 Å². The van der Waals surface area contributed by atoms with E-state index in [4.69, 9.17) is 14.4 Å². The van der Waals surface area contributed by atoms with Crippen molar-refractivity contribution in [3.05, 3.63) is 175 Å². The van der Waals surface area contributed by atoms with Crippen LogP contribution in [-0.2, 0) is 5.41 Å². The number of para-hydroxylation sites is 4. The molecule has 0 fully saturated rings. The van der Waals surface area contributed by atoms with E-state index in [0.29, 0.717) is 17.3 Å². The lowest BCUT2D eigenvalue weighted by Crippen LogP contribution is -2.16. The molecule has 0 saturated carbocycles. The van der Waals surface area contributed by atoms with Crippen molar-refractivity contribution < 1.29 is 4.42 Å². The zero-order valence-electron chi connectivity index (χ0n) is 30.8. The van der Waals surface area contributed by atoms with E-state index in [-0.39, 0.29) is 5.41 Å². The first-order valence-corrected chi connectivity index (χ1v) is 18.8. The van der Waals surface area contributed by atoms with Crippen molar-refractivity contribution in [2.24, 2.45) is 0 Å². The van der Waals surface area contributed by atoms with Gasteiger partial charge in [0.2, 0.25) is 5.95 Å². The fourth-order valence-electron chi connectivity index (χ4n) is 9.45. The first-order valence-electron chi connectivity index (χ1n) is 18.8. The molecule has 0 saturated heterocycles. The van der Waals surface area contributed by atoms with Gasteiger partial charge in [-0.3, -0.25) is 9.13 Å². The Kier molecular flexibility index (Phi) is 6.60. The molecule has 0 amide bonds. The molecule has 262 valence electrons. The van der Waals surface area contributed by atoms with Crippen LogP contribution in [0.15, 0.2) is 168 Å². The van der Waals surface area contributed by atoms with Crippen molar-refractivity contribution in [1.29, 1.82) is 0 Å². The topological polar surface area (TPSA) is 48.8 Å². The highest BCUT2D eigenvalue weighted by Gasteiger charge is 2.39. The van der Waals surface area contributed by atoms with Crippen LogP contribution in [0.3, 0.4) is 0 Å². The number of benzene rings is 6. The van der Waals surface area contributed by atoms with Crippen LogP contribution in [0, 0.1) is 0 Å². The van der Waals surface area contributed by atoms with Crippen molar-refractivity contribution in [1.82, 2.24) is 19.1 Å². The van der Waals surface area contributed by atoms with E-state index in [1.165, 1.54) is 27.8 Å². The highest BCUT2D eigenvalue weighted by atomic mass is 16.3. The quantitative estimate of drug-likeness (QED) is 0.183. The third-order valence-electron chi connectivity index (χ3n) is 11.7. The molecule has 0 spiro atoms. The van der Waals surface area contributed by atoms with Crippen LogP contribution in [0.4, 0.5) is 0 Å². The molecule has 0 aliphatic heterocycles. The number of allylic oxidation sites excluding steroid dienone is 5. The van der Waals surface area contributed by atoms with Crippen molar-refractivity contribution in [3.8, 4) is 22.9 Å². The monoisotopic (exact) mass is 708 g/mol. The Morgan fingerprint density at radius 1 is 0.618 bits per heavy atom. The van der Waals surface area contributed by atoms with Crippen LogP contribution in [0.1, 0.15) is 31.9 Å². The lowest BCUT2D eigenvalue weighted by atomic mass is 9.78. The molecule has 0 unspecified atom stereocenters. The molecule has 5 nitrogen and oxygen atoms in total. The predicted molar refractivity (Wildman–Crippen MR) is 228 cm³/mol.